The van der Waals surface area contributed by atoms with E-state index in [0.29, 0.717) is 5.56 Å². The van der Waals surface area contributed by atoms with Crippen LogP contribution in [0.3, 0.4) is 0 Å². The zero-order chi connectivity index (χ0) is 16.9. The molecular formula is C19H17N3O2. The normalized spacial score (nSPS) is 11.7. The predicted molar refractivity (Wildman–Crippen MR) is 91.7 cm³/mol. The standard InChI is InChI=1S/C19H17N3O2/c1-22-12-10-15(13-17(22)23)19(24)21-18(14-7-3-2-4-8-14)16-9-5-6-11-20-16/h2-13,18H,1H3,(H,21,24)/t18-/m0/s1. The van der Waals surface area contributed by atoms with Crippen LogP contribution in [-0.2, 0) is 7.05 Å². The van der Waals surface area contributed by atoms with Crippen LogP contribution in [0.2, 0.25) is 0 Å². The topological polar surface area (TPSA) is 64.0 Å². The van der Waals surface area contributed by atoms with Crippen LogP contribution in [0.25, 0.3) is 0 Å². The van der Waals surface area contributed by atoms with Gasteiger partial charge in [0.05, 0.1) is 11.7 Å². The van der Waals surface area contributed by atoms with Crippen LogP contribution in [0.1, 0.15) is 27.7 Å². The Kier molecular flexibility index (Phi) is 4.52. The zero-order valence-corrected chi connectivity index (χ0v) is 13.2. The van der Waals surface area contributed by atoms with Gasteiger partial charge in [-0.05, 0) is 23.8 Å². The number of nitrogens with zero attached hydrogens (tertiary/aromatic N) is 2. The molecule has 2 aromatic heterocycles. The number of amides is 1. The summed E-state index contributed by atoms with van der Waals surface area (Å²) in [5.74, 6) is -0.313. The fourth-order valence-electron chi connectivity index (χ4n) is 2.42. The molecule has 2 heterocycles. The van der Waals surface area contributed by atoms with E-state index < -0.39 is 0 Å². The summed E-state index contributed by atoms with van der Waals surface area (Å²) in [5, 5.41) is 2.96. The summed E-state index contributed by atoms with van der Waals surface area (Å²) in [6, 6.07) is 17.7. The molecule has 1 aromatic carbocycles. The smallest absolute Gasteiger partial charge is 0.252 e. The first-order valence-electron chi connectivity index (χ1n) is 7.58. The van der Waals surface area contributed by atoms with Gasteiger partial charge in [-0.15, -0.1) is 0 Å². The molecule has 1 amide bonds. The summed E-state index contributed by atoms with van der Waals surface area (Å²) in [5.41, 5.74) is 1.76. The second-order valence-corrected chi connectivity index (χ2v) is 5.44. The minimum absolute atomic E-state index is 0.225. The molecule has 1 atom stereocenters. The minimum atomic E-state index is -0.385. The summed E-state index contributed by atoms with van der Waals surface area (Å²) < 4.78 is 1.42. The number of nitrogens with one attached hydrogen (secondary N) is 1. The number of aromatic nitrogens is 2. The Morgan fingerprint density at radius 3 is 2.50 bits per heavy atom. The highest BCUT2D eigenvalue weighted by molar-refractivity contribution is 5.94. The van der Waals surface area contributed by atoms with E-state index >= 15 is 0 Å². The maximum atomic E-state index is 12.6. The fraction of sp³-hybridized carbons (Fsp3) is 0.105. The Morgan fingerprint density at radius 2 is 1.83 bits per heavy atom. The van der Waals surface area contributed by atoms with Crippen LogP contribution in [0.5, 0.6) is 0 Å². The average molecular weight is 319 g/mol. The lowest BCUT2D eigenvalue weighted by molar-refractivity contribution is 0.0942. The number of rotatable bonds is 4. The molecule has 120 valence electrons. The Hall–Kier alpha value is -3.21. The lowest BCUT2D eigenvalue weighted by atomic mass is 10.0. The van der Waals surface area contributed by atoms with Gasteiger partial charge >= 0.3 is 0 Å². The summed E-state index contributed by atoms with van der Waals surface area (Å²) in [6.45, 7) is 0. The summed E-state index contributed by atoms with van der Waals surface area (Å²) in [6.07, 6.45) is 3.27. The van der Waals surface area contributed by atoms with Gasteiger partial charge in [0.25, 0.3) is 11.5 Å². The number of carbonyl (C=O) groups excluding carboxylic acids is 1. The second kappa shape index (κ2) is 6.91. The van der Waals surface area contributed by atoms with Crippen molar-refractivity contribution in [1.29, 1.82) is 0 Å². The van der Waals surface area contributed by atoms with Crippen molar-refractivity contribution in [3.8, 4) is 0 Å². The first-order valence-corrected chi connectivity index (χ1v) is 7.58. The van der Waals surface area contributed by atoms with E-state index in [2.05, 4.69) is 10.3 Å². The van der Waals surface area contributed by atoms with Crippen LogP contribution < -0.4 is 10.9 Å². The Morgan fingerprint density at radius 1 is 1.08 bits per heavy atom. The first kappa shape index (κ1) is 15.7. The third-order valence-corrected chi connectivity index (χ3v) is 3.76. The highest BCUT2D eigenvalue weighted by Gasteiger charge is 2.19. The number of pyridine rings is 2. The summed E-state index contributed by atoms with van der Waals surface area (Å²) in [7, 11) is 1.64. The van der Waals surface area contributed by atoms with Crippen molar-refractivity contribution in [3.63, 3.8) is 0 Å². The average Bonchev–Trinajstić information content (AvgIpc) is 2.63. The van der Waals surface area contributed by atoms with Crippen molar-refractivity contribution in [2.45, 2.75) is 6.04 Å². The maximum Gasteiger partial charge on any atom is 0.252 e. The van der Waals surface area contributed by atoms with Crippen LogP contribution in [0.15, 0.2) is 77.9 Å². The second-order valence-electron chi connectivity index (χ2n) is 5.44. The molecule has 0 aliphatic heterocycles. The summed E-state index contributed by atoms with van der Waals surface area (Å²) in [4.78, 5) is 28.7. The molecule has 0 aliphatic carbocycles. The van der Waals surface area contributed by atoms with E-state index in [1.54, 1.807) is 25.5 Å². The third-order valence-electron chi connectivity index (χ3n) is 3.76. The highest BCUT2D eigenvalue weighted by atomic mass is 16.2. The SMILES string of the molecule is Cn1ccc(C(=O)N[C@@H](c2ccccc2)c2ccccn2)cc1=O. The van der Waals surface area contributed by atoms with Crippen molar-refractivity contribution >= 4 is 5.91 Å². The van der Waals surface area contributed by atoms with Crippen molar-refractivity contribution in [2.75, 3.05) is 0 Å². The van der Waals surface area contributed by atoms with Gasteiger partial charge in [-0.25, -0.2) is 0 Å². The Bertz CT molecular complexity index is 850. The van der Waals surface area contributed by atoms with E-state index in [1.807, 2.05) is 48.5 Å². The monoisotopic (exact) mass is 319 g/mol. The Balaban J connectivity index is 1.93. The molecule has 0 fully saturated rings. The van der Waals surface area contributed by atoms with Gasteiger partial charge in [0.2, 0.25) is 0 Å². The van der Waals surface area contributed by atoms with Gasteiger partial charge in [0, 0.05) is 31.1 Å². The molecule has 0 unspecified atom stereocenters. The Labute approximate surface area is 139 Å². The van der Waals surface area contributed by atoms with Crippen molar-refractivity contribution in [1.82, 2.24) is 14.9 Å². The van der Waals surface area contributed by atoms with Crippen LogP contribution in [0, 0.1) is 0 Å². The van der Waals surface area contributed by atoms with E-state index in [9.17, 15) is 9.59 Å². The number of hydrogen-bond acceptors (Lipinski definition) is 3. The van der Waals surface area contributed by atoms with E-state index in [4.69, 9.17) is 0 Å². The van der Waals surface area contributed by atoms with Gasteiger partial charge in [-0.1, -0.05) is 36.4 Å². The zero-order valence-electron chi connectivity index (χ0n) is 13.2. The van der Waals surface area contributed by atoms with Gasteiger partial charge in [0.1, 0.15) is 0 Å². The number of carbonyl (C=O) groups is 1. The van der Waals surface area contributed by atoms with E-state index in [0.717, 1.165) is 11.3 Å². The first-order chi connectivity index (χ1) is 11.6. The van der Waals surface area contributed by atoms with Gasteiger partial charge < -0.3 is 9.88 Å². The molecule has 0 saturated heterocycles. The molecule has 3 aromatic rings. The third kappa shape index (κ3) is 3.41. The van der Waals surface area contributed by atoms with Crippen LogP contribution >= 0.6 is 0 Å². The number of aryl methyl sites for hydroxylation is 1. The van der Waals surface area contributed by atoms with Gasteiger partial charge in [0.15, 0.2) is 0 Å². The van der Waals surface area contributed by atoms with Gasteiger partial charge in [-0.2, -0.15) is 0 Å². The molecule has 0 saturated carbocycles. The lowest BCUT2D eigenvalue weighted by Gasteiger charge is -2.19. The molecule has 0 radical (unpaired) electrons. The molecule has 24 heavy (non-hydrogen) atoms. The maximum absolute atomic E-state index is 12.6. The predicted octanol–water partition coefficient (Wildman–Crippen LogP) is 2.30. The molecular weight excluding hydrogens is 302 g/mol. The van der Waals surface area contributed by atoms with E-state index in [1.165, 1.54) is 10.6 Å². The van der Waals surface area contributed by atoms with Crippen LogP contribution in [-0.4, -0.2) is 15.5 Å². The molecule has 5 nitrogen and oxygen atoms in total. The number of hydrogen-bond donors (Lipinski definition) is 1. The lowest BCUT2D eigenvalue weighted by Crippen LogP contribution is -2.31. The van der Waals surface area contributed by atoms with Gasteiger partial charge in [-0.3, -0.25) is 14.6 Å². The molecule has 0 bridgehead atoms. The van der Waals surface area contributed by atoms with Crippen molar-refractivity contribution in [3.05, 3.63) is 100 Å². The molecule has 3 rings (SSSR count). The molecule has 0 spiro atoms. The van der Waals surface area contributed by atoms with E-state index in [-0.39, 0.29) is 17.5 Å². The fourth-order valence-corrected chi connectivity index (χ4v) is 2.42. The number of benzene rings is 1. The minimum Gasteiger partial charge on any atom is -0.340 e. The van der Waals surface area contributed by atoms with Crippen LogP contribution in [0.4, 0.5) is 0 Å². The quantitative estimate of drug-likeness (QED) is 0.802. The molecule has 5 heteroatoms. The molecule has 1 N–H and O–H groups in total. The largest absolute Gasteiger partial charge is 0.340 e. The van der Waals surface area contributed by atoms with Crippen molar-refractivity contribution in [2.24, 2.45) is 7.05 Å². The summed E-state index contributed by atoms with van der Waals surface area (Å²) >= 11 is 0. The van der Waals surface area contributed by atoms with Crippen molar-refractivity contribution < 1.29 is 4.79 Å². The molecule has 0 aliphatic rings. The highest BCUT2D eigenvalue weighted by Crippen LogP contribution is 2.20.